The van der Waals surface area contributed by atoms with E-state index in [4.69, 9.17) is 37.0 Å². The third kappa shape index (κ3) is 75.7. The lowest BCUT2D eigenvalue weighted by Gasteiger charge is -2.21. The molecule has 3 N–H and O–H groups in total. The summed E-state index contributed by atoms with van der Waals surface area (Å²) < 4.78 is 68.6. The number of phosphoric acid groups is 2. The van der Waals surface area contributed by atoms with Crippen molar-refractivity contribution < 1.29 is 80.2 Å². The van der Waals surface area contributed by atoms with Gasteiger partial charge in [-0.05, 0) is 135 Å². The van der Waals surface area contributed by atoms with E-state index in [0.717, 1.165) is 167 Å². The average molecular weight is 1500 g/mol. The molecule has 0 rings (SSSR count). The maximum absolute atomic E-state index is 13.1. The molecule has 598 valence electrons. The van der Waals surface area contributed by atoms with Gasteiger partial charge in [-0.15, -0.1) is 0 Å². The molecule has 0 radical (unpaired) electrons. The molecule has 0 spiro atoms. The fourth-order valence-electron chi connectivity index (χ4n) is 10.8. The van der Waals surface area contributed by atoms with E-state index < -0.39 is 97.5 Å². The van der Waals surface area contributed by atoms with Crippen LogP contribution in [0.4, 0.5) is 0 Å². The lowest BCUT2D eigenvalue weighted by Crippen LogP contribution is -2.30. The van der Waals surface area contributed by atoms with E-state index >= 15 is 0 Å². The Bertz CT molecular complexity index is 2440. The zero-order valence-corrected chi connectivity index (χ0v) is 67.2. The lowest BCUT2D eigenvalue weighted by molar-refractivity contribution is -0.161. The number of hydrogen-bond acceptors (Lipinski definition) is 15. The summed E-state index contributed by atoms with van der Waals surface area (Å²) in [4.78, 5) is 73.1. The molecule has 0 saturated heterocycles. The van der Waals surface area contributed by atoms with Gasteiger partial charge >= 0.3 is 39.5 Å². The fraction of sp³-hybridized carbons (Fsp3) is 0.718. The van der Waals surface area contributed by atoms with Crippen molar-refractivity contribution in [1.82, 2.24) is 0 Å². The lowest BCUT2D eigenvalue weighted by atomic mass is 10.0. The molecule has 0 aromatic heterocycles. The highest BCUT2D eigenvalue weighted by Crippen LogP contribution is 2.45. The zero-order valence-electron chi connectivity index (χ0n) is 65.4. The Balaban J connectivity index is 5.41. The molecule has 104 heavy (non-hydrogen) atoms. The fourth-order valence-corrected chi connectivity index (χ4v) is 12.3. The van der Waals surface area contributed by atoms with Gasteiger partial charge in [-0.2, -0.15) is 0 Å². The number of carbonyl (C=O) groups is 4. The predicted octanol–water partition coefficient (Wildman–Crippen LogP) is 23.9. The SMILES string of the molecule is CC/C=C\C/C=C\C/C=C\C/C=C\C/C=C\CCCCCC(=O)OCC(COP(=O)(O)OCC(O)COP(=O)(O)OCC(COC(=O)CCCCCCC/C=C\CCCCCCCC)OC(=O)CCCCCCCCCCCCCCC)OC(=O)CCCCCC/C=C\C/C=C\C/C=C\C/C=C\CC. The van der Waals surface area contributed by atoms with E-state index in [1.165, 1.54) is 89.9 Å². The Hall–Kier alpha value is -4.54. The maximum Gasteiger partial charge on any atom is 0.472 e. The molecule has 0 bridgehead atoms. The second-order valence-electron chi connectivity index (χ2n) is 27.0. The molecule has 0 aliphatic carbocycles. The van der Waals surface area contributed by atoms with E-state index in [2.05, 4.69) is 149 Å². The summed E-state index contributed by atoms with van der Waals surface area (Å²) in [6, 6.07) is 0. The average Bonchev–Trinajstić information content (AvgIpc) is 0.911. The van der Waals surface area contributed by atoms with Gasteiger partial charge in [0.15, 0.2) is 12.2 Å². The highest BCUT2D eigenvalue weighted by Gasteiger charge is 2.30. The standard InChI is InChI=1S/C85H146O17P2/c1-5-9-13-17-21-25-29-33-36-38-39-41-43-47-50-54-58-62-66-70-83(88)96-76-81(102-85(90)72-68-64-60-56-52-48-44-40-37-34-30-26-22-18-14-10-6-2)78-100-104(93,94)98-74-79(86)73-97-103(91,92)99-77-80(101-84(89)71-67-63-59-55-51-45-32-28-24-20-16-12-8-4)75-95-82(87)69-65-61-57-53-49-46-42-35-31-27-23-19-15-11-7-3/h9-10,13-14,21-22,25-26,33-37,39,41-42,44,47-48,50,79-81,86H,5-8,11-12,15-20,23-24,27-32,38,40,43,45-46,49,51-78H2,1-4H3,(H,91,92)(H,93,94)/b13-9-,14-10-,25-21-,26-22-,36-33-,37-34-,41-39-,42-35-,48-44-,50-47-. The van der Waals surface area contributed by atoms with Crippen molar-refractivity contribution in [3.05, 3.63) is 122 Å². The number of rotatable bonds is 76. The Morgan fingerprint density at radius 2 is 0.500 bits per heavy atom. The summed E-state index contributed by atoms with van der Waals surface area (Å²) in [5, 5.41) is 10.6. The molecule has 0 heterocycles. The van der Waals surface area contributed by atoms with Crippen LogP contribution in [0.3, 0.4) is 0 Å². The minimum atomic E-state index is -5.00. The first kappa shape index (κ1) is 99.5. The number of allylic oxidation sites excluding steroid dienone is 20. The molecule has 0 aromatic rings. The number of esters is 4. The number of aliphatic hydroxyl groups is 1. The third-order valence-electron chi connectivity index (χ3n) is 16.9. The molecule has 17 nitrogen and oxygen atoms in total. The molecular weight excluding hydrogens is 1350 g/mol. The van der Waals surface area contributed by atoms with Crippen LogP contribution in [0.5, 0.6) is 0 Å². The van der Waals surface area contributed by atoms with Crippen LogP contribution in [-0.2, 0) is 65.4 Å². The summed E-state index contributed by atoms with van der Waals surface area (Å²) in [5.41, 5.74) is 0. The van der Waals surface area contributed by atoms with Crippen molar-refractivity contribution in [2.24, 2.45) is 0 Å². The number of phosphoric ester groups is 2. The first-order chi connectivity index (χ1) is 50.7. The van der Waals surface area contributed by atoms with Crippen LogP contribution >= 0.6 is 15.6 Å². The molecular formula is C85H146O17P2. The highest BCUT2D eigenvalue weighted by molar-refractivity contribution is 7.47. The number of aliphatic hydroxyl groups excluding tert-OH is 1. The van der Waals surface area contributed by atoms with E-state index in [1.54, 1.807) is 0 Å². The van der Waals surface area contributed by atoms with Gasteiger partial charge in [0.05, 0.1) is 26.4 Å². The van der Waals surface area contributed by atoms with Crippen LogP contribution in [0.25, 0.3) is 0 Å². The van der Waals surface area contributed by atoms with Gasteiger partial charge in [0.2, 0.25) is 0 Å². The van der Waals surface area contributed by atoms with E-state index in [9.17, 15) is 43.2 Å². The smallest absolute Gasteiger partial charge is 0.462 e. The monoisotopic (exact) mass is 1500 g/mol. The molecule has 5 unspecified atom stereocenters. The normalized spacial score (nSPS) is 14.5. The Labute approximate surface area is 632 Å². The van der Waals surface area contributed by atoms with Gasteiger partial charge in [0.25, 0.3) is 0 Å². The molecule has 0 saturated carbocycles. The second kappa shape index (κ2) is 76.6. The molecule has 0 aliphatic rings. The minimum Gasteiger partial charge on any atom is -0.462 e. The van der Waals surface area contributed by atoms with Crippen molar-refractivity contribution in [3.63, 3.8) is 0 Å². The number of carbonyl (C=O) groups excluding carboxylic acids is 4. The maximum atomic E-state index is 13.1. The van der Waals surface area contributed by atoms with Crippen molar-refractivity contribution in [2.75, 3.05) is 39.6 Å². The summed E-state index contributed by atoms with van der Waals surface area (Å²) in [7, 11) is -9.98. The third-order valence-corrected chi connectivity index (χ3v) is 18.8. The minimum absolute atomic E-state index is 0.0568. The van der Waals surface area contributed by atoms with E-state index in [0.29, 0.717) is 25.7 Å². The topological polar surface area (TPSA) is 237 Å². The van der Waals surface area contributed by atoms with Crippen LogP contribution in [0.2, 0.25) is 0 Å². The number of hydrogen-bond donors (Lipinski definition) is 3. The predicted molar refractivity (Wildman–Crippen MR) is 427 cm³/mol. The van der Waals surface area contributed by atoms with Crippen molar-refractivity contribution in [3.8, 4) is 0 Å². The molecule has 0 fully saturated rings. The molecule has 0 amide bonds. The van der Waals surface area contributed by atoms with Crippen LogP contribution < -0.4 is 0 Å². The van der Waals surface area contributed by atoms with Crippen molar-refractivity contribution in [2.45, 2.75) is 354 Å². The van der Waals surface area contributed by atoms with Gasteiger partial charge in [0.1, 0.15) is 19.3 Å². The van der Waals surface area contributed by atoms with E-state index in [-0.39, 0.29) is 25.7 Å². The number of ether oxygens (including phenoxy) is 4. The highest BCUT2D eigenvalue weighted by atomic mass is 31.2. The molecule has 19 heteroatoms. The van der Waals surface area contributed by atoms with Gasteiger partial charge in [0, 0.05) is 25.7 Å². The van der Waals surface area contributed by atoms with E-state index in [1.807, 2.05) is 0 Å². The Kier molecular flexibility index (Phi) is 73.3. The summed E-state index contributed by atoms with van der Waals surface area (Å²) >= 11 is 0. The van der Waals surface area contributed by atoms with Crippen molar-refractivity contribution in [1.29, 1.82) is 0 Å². The van der Waals surface area contributed by atoms with Gasteiger partial charge in [-0.3, -0.25) is 37.3 Å². The van der Waals surface area contributed by atoms with Crippen molar-refractivity contribution >= 4 is 39.5 Å². The zero-order chi connectivity index (χ0) is 76.0. The Morgan fingerprint density at radius 3 is 0.788 bits per heavy atom. The second-order valence-corrected chi connectivity index (χ2v) is 29.9. The molecule has 0 aromatic carbocycles. The van der Waals surface area contributed by atoms with Crippen LogP contribution in [0, 0.1) is 0 Å². The Morgan fingerprint density at radius 1 is 0.279 bits per heavy atom. The number of unbranched alkanes of at least 4 members (excludes halogenated alkanes) is 30. The molecule has 5 atom stereocenters. The summed E-state index contributed by atoms with van der Waals surface area (Å²) in [5.74, 6) is -2.23. The van der Waals surface area contributed by atoms with Gasteiger partial charge in [-0.25, -0.2) is 9.13 Å². The first-order valence-electron chi connectivity index (χ1n) is 40.8. The molecule has 0 aliphatic heterocycles. The quantitative estimate of drug-likeness (QED) is 0.0169. The van der Waals surface area contributed by atoms with Crippen LogP contribution in [0.1, 0.15) is 336 Å². The summed E-state index contributed by atoms with van der Waals surface area (Å²) in [6.07, 6.45) is 84.5. The summed E-state index contributed by atoms with van der Waals surface area (Å²) in [6.45, 7) is 4.60. The van der Waals surface area contributed by atoms with Crippen LogP contribution in [0.15, 0.2) is 122 Å². The first-order valence-corrected chi connectivity index (χ1v) is 43.8. The van der Waals surface area contributed by atoms with Gasteiger partial charge < -0.3 is 33.8 Å². The largest absolute Gasteiger partial charge is 0.472 e. The van der Waals surface area contributed by atoms with Crippen LogP contribution in [-0.4, -0.2) is 96.7 Å². The van der Waals surface area contributed by atoms with Gasteiger partial charge in [-0.1, -0.05) is 297 Å².